The van der Waals surface area contributed by atoms with Gasteiger partial charge in [0.1, 0.15) is 0 Å². The molecule has 0 aromatic heterocycles. The van der Waals surface area contributed by atoms with E-state index in [2.05, 4.69) is 12.6 Å². The predicted molar refractivity (Wildman–Crippen MR) is 57.9 cm³/mol. The second-order valence-corrected chi connectivity index (χ2v) is 6.12. The van der Waals surface area contributed by atoms with Crippen LogP contribution in [0.5, 0.6) is 0 Å². The summed E-state index contributed by atoms with van der Waals surface area (Å²) in [6.07, 6.45) is -7.99. The third-order valence-corrected chi connectivity index (χ3v) is 3.74. The number of halogens is 21. The second-order valence-electron chi connectivity index (χ2n) is 5.61. The zero-order valence-electron chi connectivity index (χ0n) is 13.3. The molecule has 0 aromatic rings. The van der Waals surface area contributed by atoms with Crippen LogP contribution in [0, 0.1) is 0 Å². The predicted octanol–water partition coefficient (Wildman–Crippen LogP) is 6.77. The first-order valence-corrected chi connectivity index (χ1v) is 6.83. The Morgan fingerprint density at radius 1 is 0.250 bits per heavy atom. The SMILES string of the molecule is FC(F)(F)C(F)(F)C(F)(F)C(F)(F)C(F)(F)C(F)(F)C(F)(F)C(F)(F)C(F)(F)C(F)(F)[S-]. The maximum atomic E-state index is 13.2. The maximum Gasteiger partial charge on any atom is 0.460 e. The first-order chi connectivity index (χ1) is 13.2. The van der Waals surface area contributed by atoms with Gasteiger partial charge < -0.3 is 12.6 Å². The molecule has 0 spiro atoms. The number of rotatable bonds is 8. The highest BCUT2D eigenvalue weighted by atomic mass is 32.1. The standard InChI is InChI=1S/C10HF21S/c11-1(12,3(15,16)5(19,20)7(23,24)9(27,28)29)2(13,14)4(17,18)6(21,22)8(25,26)10(30,31)32/h32H/p-1. The van der Waals surface area contributed by atoms with Crippen molar-refractivity contribution in [2.24, 2.45) is 0 Å². The Labute approximate surface area is 165 Å². The lowest BCUT2D eigenvalue weighted by atomic mass is 9.87. The van der Waals surface area contributed by atoms with E-state index in [4.69, 9.17) is 0 Å². The van der Waals surface area contributed by atoms with Crippen molar-refractivity contribution in [1.29, 1.82) is 0 Å². The summed E-state index contributed by atoms with van der Waals surface area (Å²) in [4.78, 5) is 0. The molecule has 0 unspecified atom stereocenters. The Bertz CT molecular complexity index is 632. The molecule has 0 aliphatic heterocycles. The van der Waals surface area contributed by atoms with Crippen molar-refractivity contribution in [3.05, 3.63) is 0 Å². The molecule has 0 aliphatic rings. The van der Waals surface area contributed by atoms with E-state index in [1.807, 2.05) is 0 Å². The molecule has 0 aliphatic carbocycles. The molecule has 0 fully saturated rings. The zero-order valence-corrected chi connectivity index (χ0v) is 14.2. The number of hydrogen-bond donors (Lipinski definition) is 0. The average molecular weight is 551 g/mol. The highest BCUT2D eigenvalue weighted by Gasteiger charge is 2.97. The molecule has 0 N–H and O–H groups in total. The summed E-state index contributed by atoms with van der Waals surface area (Å²) in [6, 6.07) is 0. The minimum Gasteiger partial charge on any atom is -0.710 e. The van der Waals surface area contributed by atoms with Gasteiger partial charge in [-0.15, -0.1) is 0 Å². The molecule has 194 valence electrons. The van der Waals surface area contributed by atoms with E-state index in [1.165, 1.54) is 0 Å². The van der Waals surface area contributed by atoms with Gasteiger partial charge in [-0.1, -0.05) is 0 Å². The van der Waals surface area contributed by atoms with Crippen molar-refractivity contribution in [3.63, 3.8) is 0 Å². The van der Waals surface area contributed by atoms with E-state index in [9.17, 15) is 92.2 Å². The molecule has 0 saturated carbocycles. The molecule has 0 heterocycles. The van der Waals surface area contributed by atoms with Crippen LogP contribution in [0.3, 0.4) is 0 Å². The molecule has 0 nitrogen and oxygen atoms in total. The number of hydrogen-bond acceptors (Lipinski definition) is 1. The van der Waals surface area contributed by atoms with E-state index < -0.39 is 58.8 Å². The average Bonchev–Trinajstić information content (AvgIpc) is 2.51. The summed E-state index contributed by atoms with van der Waals surface area (Å²) in [7, 11) is 0. The Balaban J connectivity index is 7.00. The van der Waals surface area contributed by atoms with Crippen LogP contribution in [-0.2, 0) is 12.6 Å². The summed E-state index contributed by atoms with van der Waals surface area (Å²) < 4.78 is 267. The zero-order chi connectivity index (χ0) is 27.0. The fraction of sp³-hybridized carbons (Fsp3) is 1.00. The van der Waals surface area contributed by atoms with Gasteiger partial charge in [0, 0.05) is 0 Å². The Morgan fingerprint density at radius 3 is 0.562 bits per heavy atom. The van der Waals surface area contributed by atoms with E-state index in [0.717, 1.165) is 0 Å². The van der Waals surface area contributed by atoms with Crippen molar-refractivity contribution in [2.75, 3.05) is 0 Å². The minimum absolute atomic E-state index is 2.26. The molecule has 0 saturated heterocycles. The smallest absolute Gasteiger partial charge is 0.460 e. The van der Waals surface area contributed by atoms with Gasteiger partial charge in [-0.05, 0) is 0 Å². The van der Waals surface area contributed by atoms with Crippen LogP contribution in [0.15, 0.2) is 0 Å². The largest absolute Gasteiger partial charge is 0.710 e. The van der Waals surface area contributed by atoms with Crippen molar-refractivity contribution in [1.82, 2.24) is 0 Å². The summed E-state index contributed by atoms with van der Waals surface area (Å²) in [5.74, 6) is -70.2. The van der Waals surface area contributed by atoms with Gasteiger partial charge in [0.15, 0.2) is 0 Å². The van der Waals surface area contributed by atoms with Crippen LogP contribution in [0.1, 0.15) is 0 Å². The van der Waals surface area contributed by atoms with Crippen LogP contribution >= 0.6 is 0 Å². The topological polar surface area (TPSA) is 0 Å². The van der Waals surface area contributed by atoms with Gasteiger partial charge in [0.2, 0.25) is 5.25 Å². The van der Waals surface area contributed by atoms with Crippen LogP contribution in [0.2, 0.25) is 0 Å². The van der Waals surface area contributed by atoms with Gasteiger partial charge in [0.05, 0.1) is 0 Å². The minimum atomic E-state index is -9.15. The summed E-state index contributed by atoms with van der Waals surface area (Å²) in [5, 5.41) is -6.94. The highest BCUT2D eigenvalue weighted by Crippen LogP contribution is 2.66. The van der Waals surface area contributed by atoms with Crippen LogP contribution in [-0.4, -0.2) is 58.8 Å². The summed E-state index contributed by atoms with van der Waals surface area (Å²) in [5.41, 5.74) is 0. The fourth-order valence-corrected chi connectivity index (χ4v) is 1.67. The third-order valence-electron chi connectivity index (χ3n) is 3.48. The monoisotopic (exact) mass is 551 g/mol. The second kappa shape index (κ2) is 7.19. The molecular formula is C10F21S-. The first kappa shape index (κ1) is 30.9. The van der Waals surface area contributed by atoms with Crippen LogP contribution in [0.25, 0.3) is 0 Å². The van der Waals surface area contributed by atoms with Crippen molar-refractivity contribution in [2.45, 2.75) is 58.8 Å². The van der Waals surface area contributed by atoms with E-state index in [1.54, 1.807) is 0 Å². The quantitative estimate of drug-likeness (QED) is 0.237. The molecule has 0 amide bonds. The summed E-state index contributed by atoms with van der Waals surface area (Å²) in [6.45, 7) is 0. The van der Waals surface area contributed by atoms with E-state index in [0.29, 0.717) is 0 Å². The highest BCUT2D eigenvalue weighted by molar-refractivity contribution is 7.60. The van der Waals surface area contributed by atoms with Gasteiger partial charge in [-0.2, -0.15) is 83.4 Å². The van der Waals surface area contributed by atoms with Crippen LogP contribution < -0.4 is 0 Å². The van der Waals surface area contributed by atoms with Crippen molar-refractivity contribution in [3.8, 4) is 0 Å². The molecule has 32 heavy (non-hydrogen) atoms. The molecule has 0 atom stereocenters. The lowest BCUT2D eigenvalue weighted by Gasteiger charge is -2.45. The Hall–Kier alpha value is -1.12. The molecule has 0 bridgehead atoms. The van der Waals surface area contributed by atoms with Gasteiger partial charge >= 0.3 is 53.6 Å². The molecule has 22 heteroatoms. The van der Waals surface area contributed by atoms with E-state index in [-0.39, 0.29) is 0 Å². The summed E-state index contributed by atoms with van der Waals surface area (Å²) >= 11 is 2.26. The molecule has 0 rings (SSSR count). The lowest BCUT2D eigenvalue weighted by molar-refractivity contribution is -0.472. The maximum absolute atomic E-state index is 13.2. The molecular weight excluding hydrogens is 551 g/mol. The normalized spacial score (nSPS) is 17.1. The van der Waals surface area contributed by atoms with Gasteiger partial charge in [0.25, 0.3) is 0 Å². The third kappa shape index (κ3) is 3.52. The first-order valence-electron chi connectivity index (χ1n) is 6.42. The molecule has 0 aromatic carbocycles. The number of alkyl halides is 21. The van der Waals surface area contributed by atoms with Gasteiger partial charge in [-0.25, -0.2) is 8.78 Å². The lowest BCUT2D eigenvalue weighted by Crippen LogP contribution is -2.76. The van der Waals surface area contributed by atoms with Gasteiger partial charge in [-0.3, -0.25) is 0 Å². The Kier molecular flexibility index (Phi) is 6.94. The van der Waals surface area contributed by atoms with E-state index >= 15 is 0 Å². The molecule has 0 radical (unpaired) electrons. The van der Waals surface area contributed by atoms with Crippen LogP contribution in [0.4, 0.5) is 92.2 Å². The van der Waals surface area contributed by atoms with Crippen molar-refractivity contribution < 1.29 is 92.2 Å². The Morgan fingerprint density at radius 2 is 0.406 bits per heavy atom. The van der Waals surface area contributed by atoms with Crippen molar-refractivity contribution >= 4 is 12.6 Å². The fourth-order valence-electron chi connectivity index (χ4n) is 1.54.